The lowest BCUT2D eigenvalue weighted by atomic mass is 9.65. The minimum absolute atomic E-state index is 0. The summed E-state index contributed by atoms with van der Waals surface area (Å²) in [4.78, 5) is 15.5. The number of halogens is 2. The molecule has 0 spiro atoms. The van der Waals surface area contributed by atoms with Crippen molar-refractivity contribution in [3.63, 3.8) is 0 Å². The molecule has 2 atom stereocenters. The van der Waals surface area contributed by atoms with Crippen LogP contribution in [0.2, 0.25) is 0 Å². The topological polar surface area (TPSA) is 58.4 Å². The zero-order valence-electron chi connectivity index (χ0n) is 15.9. The van der Waals surface area contributed by atoms with Gasteiger partial charge in [-0.25, -0.2) is 0 Å². The molecule has 0 radical (unpaired) electrons. The second kappa shape index (κ2) is 9.95. The van der Waals surface area contributed by atoms with Gasteiger partial charge in [0.25, 0.3) is 0 Å². The number of amides is 1. The Kier molecular flexibility index (Phi) is 8.52. The van der Waals surface area contributed by atoms with Crippen molar-refractivity contribution in [2.24, 2.45) is 23.5 Å². The van der Waals surface area contributed by atoms with E-state index in [1.165, 1.54) is 58.0 Å². The standard InChI is InChI=1S/C20H35N3O.2ClH/c21-19-14-4-3-5-15(19)13-16(12-14)20(24)22-17-8-10-23(11-9-17)18-6-1-2-7-18;;/h14-19H,1-13,21H2,(H,22,24);2*1H. The highest BCUT2D eigenvalue weighted by molar-refractivity contribution is 5.85. The summed E-state index contributed by atoms with van der Waals surface area (Å²) in [6, 6.07) is 1.60. The molecule has 1 amide bonds. The normalized spacial score (nSPS) is 36.0. The molecule has 2 unspecified atom stereocenters. The summed E-state index contributed by atoms with van der Waals surface area (Å²) < 4.78 is 0. The molecule has 1 aliphatic heterocycles. The molecule has 2 bridgehead atoms. The van der Waals surface area contributed by atoms with Crippen molar-refractivity contribution >= 4 is 30.7 Å². The molecule has 1 saturated heterocycles. The lowest BCUT2D eigenvalue weighted by Gasteiger charge is -2.44. The fraction of sp³-hybridized carbons (Fsp3) is 0.950. The van der Waals surface area contributed by atoms with Gasteiger partial charge in [-0.2, -0.15) is 0 Å². The van der Waals surface area contributed by atoms with Crippen molar-refractivity contribution in [1.82, 2.24) is 10.2 Å². The van der Waals surface area contributed by atoms with Gasteiger partial charge < -0.3 is 16.0 Å². The Labute approximate surface area is 171 Å². The van der Waals surface area contributed by atoms with Crippen molar-refractivity contribution in [3.05, 3.63) is 0 Å². The first kappa shape index (κ1) is 22.3. The molecule has 152 valence electrons. The zero-order valence-corrected chi connectivity index (χ0v) is 17.5. The summed E-state index contributed by atoms with van der Waals surface area (Å²) in [5, 5.41) is 3.40. The number of fused-ring (bicyclic) bond motifs is 2. The first-order valence-corrected chi connectivity index (χ1v) is 10.5. The van der Waals surface area contributed by atoms with Gasteiger partial charge in [-0.3, -0.25) is 4.79 Å². The molecular formula is C20H37Cl2N3O. The van der Waals surface area contributed by atoms with Crippen molar-refractivity contribution < 1.29 is 4.79 Å². The zero-order chi connectivity index (χ0) is 16.5. The van der Waals surface area contributed by atoms with Crippen LogP contribution in [0.1, 0.15) is 70.6 Å². The van der Waals surface area contributed by atoms with Gasteiger partial charge in [-0.05, 0) is 63.2 Å². The summed E-state index contributed by atoms with van der Waals surface area (Å²) in [6.45, 7) is 2.35. The average Bonchev–Trinajstić information content (AvgIpc) is 3.09. The Morgan fingerprint density at radius 1 is 0.846 bits per heavy atom. The van der Waals surface area contributed by atoms with E-state index >= 15 is 0 Å². The van der Waals surface area contributed by atoms with Crippen LogP contribution in [-0.4, -0.2) is 42.0 Å². The Bertz CT molecular complexity index is 436. The van der Waals surface area contributed by atoms with Gasteiger partial charge in [-0.15, -0.1) is 24.8 Å². The quantitative estimate of drug-likeness (QED) is 0.754. The van der Waals surface area contributed by atoms with Crippen LogP contribution in [0.3, 0.4) is 0 Å². The van der Waals surface area contributed by atoms with Crippen LogP contribution in [0, 0.1) is 17.8 Å². The molecule has 26 heavy (non-hydrogen) atoms. The van der Waals surface area contributed by atoms with Crippen molar-refractivity contribution in [2.45, 2.75) is 88.8 Å². The SMILES string of the molecule is Cl.Cl.NC1C2CCCC1CC(C(=O)NC1CCN(C3CCCC3)CC1)C2. The number of hydrogen-bond acceptors (Lipinski definition) is 3. The van der Waals surface area contributed by atoms with E-state index in [4.69, 9.17) is 5.73 Å². The molecular weight excluding hydrogens is 369 g/mol. The fourth-order valence-corrected chi connectivity index (χ4v) is 6.00. The predicted octanol–water partition coefficient (Wildman–Crippen LogP) is 3.51. The van der Waals surface area contributed by atoms with Crippen LogP contribution in [-0.2, 0) is 4.79 Å². The highest BCUT2D eigenvalue weighted by Crippen LogP contribution is 2.42. The second-order valence-corrected chi connectivity index (χ2v) is 8.95. The first-order chi connectivity index (χ1) is 11.7. The second-order valence-electron chi connectivity index (χ2n) is 8.95. The van der Waals surface area contributed by atoms with Gasteiger partial charge in [-0.1, -0.05) is 19.3 Å². The molecule has 4 fully saturated rings. The molecule has 0 aromatic rings. The Morgan fingerprint density at radius 2 is 1.42 bits per heavy atom. The van der Waals surface area contributed by atoms with Gasteiger partial charge in [0.15, 0.2) is 0 Å². The molecule has 0 aromatic carbocycles. The number of piperidine rings is 1. The van der Waals surface area contributed by atoms with E-state index < -0.39 is 0 Å². The van der Waals surface area contributed by atoms with Gasteiger partial charge in [0.05, 0.1) is 0 Å². The Balaban J connectivity index is 0.00000121. The predicted molar refractivity (Wildman–Crippen MR) is 111 cm³/mol. The maximum Gasteiger partial charge on any atom is 0.223 e. The van der Waals surface area contributed by atoms with E-state index in [-0.39, 0.29) is 30.7 Å². The number of likely N-dealkylation sites (tertiary alicyclic amines) is 1. The third-order valence-corrected chi connectivity index (χ3v) is 7.50. The third-order valence-electron chi connectivity index (χ3n) is 7.50. The largest absolute Gasteiger partial charge is 0.353 e. The minimum atomic E-state index is 0. The monoisotopic (exact) mass is 405 g/mol. The van der Waals surface area contributed by atoms with Gasteiger partial charge in [0.2, 0.25) is 5.91 Å². The summed E-state index contributed by atoms with van der Waals surface area (Å²) in [5.41, 5.74) is 6.37. The van der Waals surface area contributed by atoms with Crippen LogP contribution in [0.25, 0.3) is 0 Å². The molecule has 0 aromatic heterocycles. The lowest BCUT2D eigenvalue weighted by molar-refractivity contribution is -0.129. The van der Waals surface area contributed by atoms with E-state index in [1.807, 2.05) is 0 Å². The average molecular weight is 406 g/mol. The first-order valence-electron chi connectivity index (χ1n) is 10.5. The highest BCUT2D eigenvalue weighted by Gasteiger charge is 2.41. The van der Waals surface area contributed by atoms with Crippen LogP contribution in [0.4, 0.5) is 0 Å². The molecule has 3 saturated carbocycles. The number of hydrogen-bond donors (Lipinski definition) is 2. The summed E-state index contributed by atoms with van der Waals surface area (Å²) >= 11 is 0. The van der Waals surface area contributed by atoms with Crippen LogP contribution < -0.4 is 11.1 Å². The summed E-state index contributed by atoms with van der Waals surface area (Å²) in [6.07, 6.45) is 13.7. The Hall–Kier alpha value is -0.0300. The van der Waals surface area contributed by atoms with Gasteiger partial charge in [0, 0.05) is 37.1 Å². The smallest absolute Gasteiger partial charge is 0.223 e. The minimum Gasteiger partial charge on any atom is -0.353 e. The van der Waals surface area contributed by atoms with Crippen molar-refractivity contribution in [3.8, 4) is 0 Å². The van der Waals surface area contributed by atoms with Crippen LogP contribution in [0.15, 0.2) is 0 Å². The number of nitrogens with zero attached hydrogens (tertiary/aromatic N) is 1. The third kappa shape index (κ3) is 4.87. The molecule has 3 N–H and O–H groups in total. The van der Waals surface area contributed by atoms with Crippen LogP contribution >= 0.6 is 24.8 Å². The number of nitrogens with one attached hydrogen (secondary N) is 1. The van der Waals surface area contributed by atoms with E-state index in [2.05, 4.69) is 10.2 Å². The van der Waals surface area contributed by atoms with E-state index in [0.29, 0.717) is 29.8 Å². The fourth-order valence-electron chi connectivity index (χ4n) is 6.00. The molecule has 1 heterocycles. The number of carbonyl (C=O) groups is 1. The lowest BCUT2D eigenvalue weighted by Crippen LogP contribution is -2.52. The van der Waals surface area contributed by atoms with Gasteiger partial charge >= 0.3 is 0 Å². The molecule has 3 aliphatic carbocycles. The van der Waals surface area contributed by atoms with E-state index in [9.17, 15) is 4.79 Å². The molecule has 6 heteroatoms. The molecule has 4 rings (SSSR count). The maximum absolute atomic E-state index is 12.8. The van der Waals surface area contributed by atoms with Crippen LogP contribution in [0.5, 0.6) is 0 Å². The van der Waals surface area contributed by atoms with E-state index in [1.54, 1.807) is 0 Å². The summed E-state index contributed by atoms with van der Waals surface area (Å²) in [7, 11) is 0. The van der Waals surface area contributed by atoms with Crippen molar-refractivity contribution in [1.29, 1.82) is 0 Å². The Morgan fingerprint density at radius 3 is 2.00 bits per heavy atom. The number of rotatable bonds is 3. The summed E-state index contributed by atoms with van der Waals surface area (Å²) in [5.74, 6) is 1.75. The van der Waals surface area contributed by atoms with Gasteiger partial charge in [0.1, 0.15) is 0 Å². The molecule has 4 nitrogen and oxygen atoms in total. The number of carbonyl (C=O) groups excluding carboxylic acids is 1. The maximum atomic E-state index is 12.8. The van der Waals surface area contributed by atoms with Crippen molar-refractivity contribution in [2.75, 3.05) is 13.1 Å². The highest BCUT2D eigenvalue weighted by atomic mass is 35.5. The molecule has 4 aliphatic rings. The van der Waals surface area contributed by atoms with E-state index in [0.717, 1.165) is 31.7 Å². The number of nitrogens with two attached hydrogens (primary N) is 1.